The molecule has 0 saturated carbocycles. The average molecular weight is 417 g/mol. The van der Waals surface area contributed by atoms with Gasteiger partial charge in [0.2, 0.25) is 5.89 Å². The Hall–Kier alpha value is -2.25. The highest BCUT2D eigenvalue weighted by Gasteiger charge is 2.42. The van der Waals surface area contributed by atoms with Gasteiger partial charge >= 0.3 is 12.1 Å². The van der Waals surface area contributed by atoms with Crippen molar-refractivity contribution in [3.63, 3.8) is 0 Å². The molecule has 2 aromatic carbocycles. The van der Waals surface area contributed by atoms with Gasteiger partial charge in [0.25, 0.3) is 0 Å². The van der Waals surface area contributed by atoms with E-state index in [1.165, 1.54) is 25.1 Å². The standard InChI is InChI=1S/C18H13Cl2F3N2O2/c1-3-25(17(26)18(21,22)23)11-6-9(2)15-14(8-11)24-16(27-15)12-5-4-10(19)7-13(12)20/h4-8H,3H2,1-2H3. The van der Waals surface area contributed by atoms with Crippen LogP contribution in [0.15, 0.2) is 34.7 Å². The van der Waals surface area contributed by atoms with E-state index < -0.39 is 12.1 Å². The van der Waals surface area contributed by atoms with E-state index in [9.17, 15) is 18.0 Å². The zero-order valence-corrected chi connectivity index (χ0v) is 15.7. The van der Waals surface area contributed by atoms with Crippen molar-refractivity contribution in [1.82, 2.24) is 4.98 Å². The molecule has 27 heavy (non-hydrogen) atoms. The summed E-state index contributed by atoms with van der Waals surface area (Å²) in [4.78, 5) is 16.6. The Morgan fingerprint density at radius 1 is 1.22 bits per heavy atom. The summed E-state index contributed by atoms with van der Waals surface area (Å²) < 4.78 is 44.3. The molecular weight excluding hydrogens is 404 g/mol. The number of carbonyl (C=O) groups is 1. The van der Waals surface area contributed by atoms with Crippen molar-refractivity contribution in [3.05, 3.63) is 45.9 Å². The zero-order chi connectivity index (χ0) is 19.9. The lowest BCUT2D eigenvalue weighted by atomic mass is 10.1. The summed E-state index contributed by atoms with van der Waals surface area (Å²) in [5, 5.41) is 0.775. The molecule has 0 aliphatic heterocycles. The molecule has 0 spiro atoms. The van der Waals surface area contributed by atoms with Crippen LogP contribution < -0.4 is 4.90 Å². The quantitative estimate of drug-likeness (QED) is 0.523. The van der Waals surface area contributed by atoms with E-state index in [1.54, 1.807) is 19.1 Å². The first-order valence-electron chi connectivity index (χ1n) is 7.87. The van der Waals surface area contributed by atoms with Crippen molar-refractivity contribution in [2.75, 3.05) is 11.4 Å². The summed E-state index contributed by atoms with van der Waals surface area (Å²) in [6, 6.07) is 7.63. The summed E-state index contributed by atoms with van der Waals surface area (Å²) >= 11 is 12.0. The molecule has 3 aromatic rings. The Labute approximate surface area is 162 Å². The molecule has 1 aromatic heterocycles. The molecule has 0 aliphatic rings. The molecule has 0 bridgehead atoms. The smallest absolute Gasteiger partial charge is 0.436 e. The predicted molar refractivity (Wildman–Crippen MR) is 98.3 cm³/mol. The third kappa shape index (κ3) is 3.75. The van der Waals surface area contributed by atoms with Crippen LogP contribution in [0.3, 0.4) is 0 Å². The van der Waals surface area contributed by atoms with Gasteiger partial charge < -0.3 is 9.32 Å². The van der Waals surface area contributed by atoms with Crippen molar-refractivity contribution < 1.29 is 22.4 Å². The highest BCUT2D eigenvalue weighted by Crippen LogP contribution is 2.35. The largest absolute Gasteiger partial charge is 0.471 e. The lowest BCUT2D eigenvalue weighted by Crippen LogP contribution is -2.41. The third-order valence-electron chi connectivity index (χ3n) is 3.94. The molecule has 0 N–H and O–H groups in total. The number of oxazole rings is 1. The van der Waals surface area contributed by atoms with Crippen molar-refractivity contribution in [2.24, 2.45) is 0 Å². The maximum atomic E-state index is 12.8. The molecule has 0 saturated heterocycles. The molecule has 1 amide bonds. The summed E-state index contributed by atoms with van der Waals surface area (Å²) in [5.41, 5.74) is 1.85. The van der Waals surface area contributed by atoms with Crippen LogP contribution in [0.25, 0.3) is 22.6 Å². The minimum absolute atomic E-state index is 0.0897. The molecule has 0 aliphatic carbocycles. The van der Waals surface area contributed by atoms with E-state index in [4.69, 9.17) is 27.6 Å². The number of aromatic nitrogens is 1. The number of rotatable bonds is 3. The number of hydrogen-bond donors (Lipinski definition) is 0. The molecule has 3 rings (SSSR count). The van der Waals surface area contributed by atoms with Gasteiger partial charge in [-0.15, -0.1) is 0 Å². The molecule has 0 fully saturated rings. The molecule has 9 heteroatoms. The maximum absolute atomic E-state index is 12.8. The van der Waals surface area contributed by atoms with Gasteiger partial charge in [-0.3, -0.25) is 4.79 Å². The van der Waals surface area contributed by atoms with Gasteiger partial charge in [0, 0.05) is 17.3 Å². The van der Waals surface area contributed by atoms with Gasteiger partial charge in [-0.05, 0) is 49.7 Å². The highest BCUT2D eigenvalue weighted by atomic mass is 35.5. The first-order chi connectivity index (χ1) is 12.6. The molecule has 0 unspecified atom stereocenters. The topological polar surface area (TPSA) is 46.3 Å². The Bertz CT molecular complexity index is 1030. The fourth-order valence-corrected chi connectivity index (χ4v) is 3.20. The number of amides is 1. The van der Waals surface area contributed by atoms with Crippen LogP contribution in [0, 0.1) is 6.92 Å². The first-order valence-corrected chi connectivity index (χ1v) is 8.62. The zero-order valence-electron chi connectivity index (χ0n) is 14.2. The van der Waals surface area contributed by atoms with Crippen molar-refractivity contribution in [1.29, 1.82) is 0 Å². The van der Waals surface area contributed by atoms with Crippen LogP contribution in [0.5, 0.6) is 0 Å². The van der Waals surface area contributed by atoms with E-state index in [0.29, 0.717) is 37.2 Å². The third-order valence-corrected chi connectivity index (χ3v) is 4.49. The summed E-state index contributed by atoms with van der Waals surface area (Å²) in [6.07, 6.45) is -4.97. The Kier molecular flexibility index (Phi) is 5.10. The summed E-state index contributed by atoms with van der Waals surface area (Å²) in [5.74, 6) is -1.73. The van der Waals surface area contributed by atoms with Gasteiger partial charge in [0.1, 0.15) is 5.52 Å². The van der Waals surface area contributed by atoms with E-state index in [2.05, 4.69) is 4.98 Å². The minimum Gasteiger partial charge on any atom is -0.436 e. The second kappa shape index (κ2) is 7.05. The Morgan fingerprint density at radius 2 is 1.93 bits per heavy atom. The second-order valence-corrected chi connectivity index (χ2v) is 6.64. The number of halogens is 5. The van der Waals surface area contributed by atoms with Crippen LogP contribution in [-0.2, 0) is 4.79 Å². The molecule has 0 atom stereocenters. The maximum Gasteiger partial charge on any atom is 0.471 e. The Morgan fingerprint density at radius 3 is 2.52 bits per heavy atom. The molecule has 0 radical (unpaired) electrons. The van der Waals surface area contributed by atoms with E-state index in [-0.39, 0.29) is 18.1 Å². The van der Waals surface area contributed by atoms with E-state index in [1.807, 2.05) is 0 Å². The van der Waals surface area contributed by atoms with Gasteiger partial charge in [0.05, 0.1) is 10.6 Å². The fraction of sp³-hybridized carbons (Fsp3) is 0.222. The fourth-order valence-electron chi connectivity index (χ4n) is 2.71. The van der Waals surface area contributed by atoms with Gasteiger partial charge in [-0.2, -0.15) is 13.2 Å². The first kappa shape index (κ1) is 19.5. The van der Waals surface area contributed by atoms with Crippen molar-refractivity contribution in [3.8, 4) is 11.5 Å². The number of benzene rings is 2. The lowest BCUT2D eigenvalue weighted by molar-refractivity contribution is -0.170. The summed E-state index contributed by atoms with van der Waals surface area (Å²) in [6.45, 7) is 2.98. The number of carbonyl (C=O) groups excluding carboxylic acids is 1. The minimum atomic E-state index is -4.97. The SMILES string of the molecule is CCN(C(=O)C(F)(F)F)c1cc(C)c2oc(-c3ccc(Cl)cc3Cl)nc2c1. The number of hydrogen-bond acceptors (Lipinski definition) is 3. The normalized spacial score (nSPS) is 11.8. The van der Waals surface area contributed by atoms with Crippen LogP contribution in [-0.4, -0.2) is 23.6 Å². The summed E-state index contributed by atoms with van der Waals surface area (Å²) in [7, 11) is 0. The van der Waals surface area contributed by atoms with E-state index in [0.717, 1.165) is 0 Å². The van der Waals surface area contributed by atoms with Crippen molar-refractivity contribution in [2.45, 2.75) is 20.0 Å². The lowest BCUT2D eigenvalue weighted by Gasteiger charge is -2.22. The number of fused-ring (bicyclic) bond motifs is 1. The number of anilines is 1. The number of nitrogens with zero attached hydrogens (tertiary/aromatic N) is 2. The molecule has 4 nitrogen and oxygen atoms in total. The Balaban J connectivity index is 2.10. The van der Waals surface area contributed by atoms with Gasteiger partial charge in [0.15, 0.2) is 5.58 Å². The molecular formula is C18H13Cl2F3N2O2. The number of alkyl halides is 3. The van der Waals surface area contributed by atoms with Gasteiger partial charge in [-0.1, -0.05) is 23.2 Å². The average Bonchev–Trinajstić information content (AvgIpc) is 2.99. The van der Waals surface area contributed by atoms with Crippen molar-refractivity contribution >= 4 is 45.9 Å². The monoisotopic (exact) mass is 416 g/mol. The van der Waals surface area contributed by atoms with Crippen LogP contribution in [0.2, 0.25) is 10.0 Å². The number of aryl methyl sites for hydroxylation is 1. The second-order valence-electron chi connectivity index (χ2n) is 5.80. The highest BCUT2D eigenvalue weighted by molar-refractivity contribution is 6.36. The molecule has 1 heterocycles. The van der Waals surface area contributed by atoms with E-state index >= 15 is 0 Å². The van der Waals surface area contributed by atoms with Crippen LogP contribution in [0.4, 0.5) is 18.9 Å². The predicted octanol–water partition coefficient (Wildman–Crippen LogP) is 6.03. The van der Waals surface area contributed by atoms with Crippen LogP contribution >= 0.6 is 23.2 Å². The molecule has 142 valence electrons. The van der Waals surface area contributed by atoms with Crippen LogP contribution in [0.1, 0.15) is 12.5 Å². The van der Waals surface area contributed by atoms with Gasteiger partial charge in [-0.25, -0.2) is 4.98 Å².